The molecular weight excluding hydrogens is 366 g/mol. The van der Waals surface area contributed by atoms with Gasteiger partial charge >= 0.3 is 14.2 Å². The van der Waals surface area contributed by atoms with Crippen LogP contribution in [0.1, 0.15) is 72.6 Å². The van der Waals surface area contributed by atoms with E-state index >= 15 is 0 Å². The van der Waals surface area contributed by atoms with Crippen molar-refractivity contribution in [3.8, 4) is 0 Å². The maximum absolute atomic E-state index is 11.4. The summed E-state index contributed by atoms with van der Waals surface area (Å²) in [4.78, 5) is 0. The van der Waals surface area contributed by atoms with E-state index in [1.807, 2.05) is 45.9 Å². The first kappa shape index (κ1) is 21.4. The van der Waals surface area contributed by atoms with Crippen LogP contribution in [0.15, 0.2) is 24.3 Å². The SMILES string of the molecule is CC1(C)OB([C@H]2[C@H](O)c3ccccc3C[C@H]2B2OC(C)(C)C(C)(C)O2)OC1(C)C. The van der Waals surface area contributed by atoms with Crippen LogP contribution in [0.2, 0.25) is 11.6 Å². The molecule has 2 saturated heterocycles. The molecule has 0 radical (unpaired) electrons. The van der Waals surface area contributed by atoms with Crippen LogP contribution in [0.5, 0.6) is 0 Å². The summed E-state index contributed by atoms with van der Waals surface area (Å²) < 4.78 is 25.6. The molecular formula is C22H34B2O5. The highest BCUT2D eigenvalue weighted by atomic mass is 16.7. The second-order valence-electron chi connectivity index (χ2n) is 10.8. The van der Waals surface area contributed by atoms with Crippen LogP contribution in [0, 0.1) is 0 Å². The van der Waals surface area contributed by atoms with Gasteiger partial charge in [0.25, 0.3) is 0 Å². The van der Waals surface area contributed by atoms with Gasteiger partial charge < -0.3 is 23.7 Å². The lowest BCUT2D eigenvalue weighted by molar-refractivity contribution is 0.00578. The van der Waals surface area contributed by atoms with E-state index in [-0.39, 0.29) is 11.6 Å². The Morgan fingerprint density at radius 3 is 1.72 bits per heavy atom. The molecule has 1 aliphatic carbocycles. The van der Waals surface area contributed by atoms with Crippen LogP contribution < -0.4 is 0 Å². The van der Waals surface area contributed by atoms with E-state index in [1.54, 1.807) is 0 Å². The molecule has 0 unspecified atom stereocenters. The van der Waals surface area contributed by atoms with Gasteiger partial charge in [-0.25, -0.2) is 0 Å². The molecule has 158 valence electrons. The van der Waals surface area contributed by atoms with Gasteiger partial charge in [0, 0.05) is 11.6 Å². The molecule has 5 nitrogen and oxygen atoms in total. The molecule has 0 saturated carbocycles. The van der Waals surface area contributed by atoms with E-state index in [1.165, 1.54) is 0 Å². The molecule has 1 aromatic carbocycles. The lowest BCUT2D eigenvalue weighted by Crippen LogP contribution is -2.42. The summed E-state index contributed by atoms with van der Waals surface area (Å²) in [6.07, 6.45) is 0.0393. The fraction of sp³-hybridized carbons (Fsp3) is 0.727. The van der Waals surface area contributed by atoms with Gasteiger partial charge in [0.05, 0.1) is 28.5 Å². The maximum Gasteiger partial charge on any atom is 0.463 e. The highest BCUT2D eigenvalue weighted by Gasteiger charge is 2.63. The van der Waals surface area contributed by atoms with Gasteiger partial charge in [0.15, 0.2) is 0 Å². The zero-order valence-corrected chi connectivity index (χ0v) is 19.0. The first-order chi connectivity index (χ1) is 13.3. The Hall–Kier alpha value is -0.850. The van der Waals surface area contributed by atoms with Crippen LogP contribution in [0.3, 0.4) is 0 Å². The third kappa shape index (κ3) is 3.30. The van der Waals surface area contributed by atoms with Crippen molar-refractivity contribution in [2.45, 2.75) is 102 Å². The molecule has 2 aliphatic heterocycles. The van der Waals surface area contributed by atoms with E-state index in [9.17, 15) is 5.11 Å². The Labute approximate surface area is 175 Å². The van der Waals surface area contributed by atoms with Gasteiger partial charge in [-0.15, -0.1) is 0 Å². The smallest absolute Gasteiger partial charge is 0.403 e. The average Bonchev–Trinajstić information content (AvgIpc) is 2.94. The summed E-state index contributed by atoms with van der Waals surface area (Å²) in [5.74, 6) is -0.378. The largest absolute Gasteiger partial charge is 0.463 e. The lowest BCUT2D eigenvalue weighted by Gasteiger charge is -2.38. The zero-order chi connectivity index (χ0) is 21.4. The Morgan fingerprint density at radius 1 is 0.759 bits per heavy atom. The van der Waals surface area contributed by atoms with Crippen molar-refractivity contribution in [2.24, 2.45) is 0 Å². The second-order valence-corrected chi connectivity index (χ2v) is 10.8. The topological polar surface area (TPSA) is 57.2 Å². The molecule has 3 atom stereocenters. The molecule has 3 aliphatic rings. The Morgan fingerprint density at radius 2 is 1.21 bits per heavy atom. The van der Waals surface area contributed by atoms with Crippen molar-refractivity contribution in [1.29, 1.82) is 0 Å². The number of benzene rings is 1. The van der Waals surface area contributed by atoms with Gasteiger partial charge in [0.2, 0.25) is 0 Å². The third-order valence-electron chi connectivity index (χ3n) is 7.90. The Bertz CT molecular complexity index is 759. The summed E-state index contributed by atoms with van der Waals surface area (Å²) in [6, 6.07) is 8.07. The van der Waals surface area contributed by atoms with Gasteiger partial charge in [-0.3, -0.25) is 0 Å². The van der Waals surface area contributed by atoms with Crippen molar-refractivity contribution < 1.29 is 23.7 Å². The third-order valence-corrected chi connectivity index (χ3v) is 7.90. The minimum absolute atomic E-state index is 0.0874. The first-order valence-corrected chi connectivity index (χ1v) is 10.7. The standard InChI is InChI=1S/C22H34B2O5/c1-19(2)20(3,4)27-23(26-19)16-13-14-11-9-10-12-15(14)18(25)17(16)24-28-21(5,6)22(7,8)29-24/h9-12,16-18,25H,13H2,1-8H3/t16-,17-,18-/m1/s1. The Balaban J connectivity index is 1.72. The number of aliphatic hydroxyl groups is 1. The zero-order valence-electron chi connectivity index (χ0n) is 19.0. The fourth-order valence-electron chi connectivity index (χ4n) is 4.58. The number of hydrogen-bond acceptors (Lipinski definition) is 5. The lowest BCUT2D eigenvalue weighted by atomic mass is 9.47. The molecule has 4 rings (SSSR count). The molecule has 7 heteroatoms. The minimum Gasteiger partial charge on any atom is -0.403 e. The molecule has 1 N–H and O–H groups in total. The summed E-state index contributed by atoms with van der Waals surface area (Å²) in [5, 5.41) is 11.4. The van der Waals surface area contributed by atoms with Crippen molar-refractivity contribution in [2.75, 3.05) is 0 Å². The normalized spacial score (nSPS) is 34.3. The number of aliphatic hydroxyl groups excluding tert-OH is 1. The van der Waals surface area contributed by atoms with E-state index in [0.29, 0.717) is 0 Å². The van der Waals surface area contributed by atoms with Crippen molar-refractivity contribution in [3.05, 3.63) is 35.4 Å². The van der Waals surface area contributed by atoms with Gasteiger partial charge in [0.1, 0.15) is 0 Å². The molecule has 29 heavy (non-hydrogen) atoms. The van der Waals surface area contributed by atoms with E-state index in [2.05, 4.69) is 33.8 Å². The quantitative estimate of drug-likeness (QED) is 0.755. The molecule has 0 aromatic heterocycles. The van der Waals surface area contributed by atoms with Crippen molar-refractivity contribution in [1.82, 2.24) is 0 Å². The molecule has 0 amide bonds. The van der Waals surface area contributed by atoms with Crippen LogP contribution >= 0.6 is 0 Å². The van der Waals surface area contributed by atoms with E-state index < -0.39 is 42.7 Å². The predicted octanol–water partition coefficient (Wildman–Crippen LogP) is 4.20. The molecule has 0 spiro atoms. The van der Waals surface area contributed by atoms with Crippen molar-refractivity contribution >= 4 is 14.2 Å². The van der Waals surface area contributed by atoms with Crippen LogP contribution in [-0.4, -0.2) is 41.7 Å². The fourth-order valence-corrected chi connectivity index (χ4v) is 4.58. The first-order valence-electron chi connectivity index (χ1n) is 10.7. The van der Waals surface area contributed by atoms with E-state index in [4.69, 9.17) is 18.6 Å². The van der Waals surface area contributed by atoms with Gasteiger partial charge in [-0.05, 0) is 72.9 Å². The van der Waals surface area contributed by atoms with Crippen LogP contribution in [0.25, 0.3) is 0 Å². The highest BCUT2D eigenvalue weighted by Crippen LogP contribution is 2.55. The number of fused-ring (bicyclic) bond motifs is 1. The summed E-state index contributed by atoms with van der Waals surface area (Å²) >= 11 is 0. The Kier molecular flexibility index (Phi) is 4.85. The summed E-state index contributed by atoms with van der Waals surface area (Å²) in [6.45, 7) is 16.4. The predicted molar refractivity (Wildman–Crippen MR) is 115 cm³/mol. The van der Waals surface area contributed by atoms with Crippen molar-refractivity contribution in [3.63, 3.8) is 0 Å². The van der Waals surface area contributed by atoms with E-state index in [0.717, 1.165) is 17.5 Å². The molecule has 0 bridgehead atoms. The highest BCUT2D eigenvalue weighted by molar-refractivity contribution is 6.55. The van der Waals surface area contributed by atoms with Gasteiger partial charge in [-0.1, -0.05) is 24.3 Å². The van der Waals surface area contributed by atoms with Gasteiger partial charge in [-0.2, -0.15) is 0 Å². The second kappa shape index (κ2) is 6.57. The monoisotopic (exact) mass is 400 g/mol. The summed E-state index contributed by atoms with van der Waals surface area (Å²) in [7, 11) is -0.973. The van der Waals surface area contributed by atoms with Crippen LogP contribution in [0.4, 0.5) is 0 Å². The number of hydrogen-bond donors (Lipinski definition) is 1. The average molecular weight is 400 g/mol. The summed E-state index contributed by atoms with van der Waals surface area (Å²) in [5.41, 5.74) is 0.288. The molecule has 2 fully saturated rings. The molecule has 2 heterocycles. The maximum atomic E-state index is 11.4. The number of rotatable bonds is 2. The van der Waals surface area contributed by atoms with Crippen LogP contribution in [-0.2, 0) is 25.0 Å². The minimum atomic E-state index is -0.710. The molecule has 1 aromatic rings.